The number of alkyl halides is 3. The number of ether oxygens (including phenoxy) is 1. The molecule has 8 nitrogen and oxygen atoms in total. The minimum absolute atomic E-state index is 0.111. The number of carbonyl (C=O) groups is 2. The largest absolute Gasteiger partial charge is 0.467 e. The van der Waals surface area contributed by atoms with Crippen LogP contribution in [0.25, 0.3) is 0 Å². The fourth-order valence-electron chi connectivity index (χ4n) is 2.49. The second kappa shape index (κ2) is 10.2. The van der Waals surface area contributed by atoms with Crippen LogP contribution in [0.2, 0.25) is 0 Å². The van der Waals surface area contributed by atoms with E-state index in [0.29, 0.717) is 11.5 Å². The summed E-state index contributed by atoms with van der Waals surface area (Å²) in [6.07, 6.45) is -1.86. The van der Waals surface area contributed by atoms with Crippen molar-refractivity contribution in [2.75, 3.05) is 11.9 Å². The Bertz CT molecular complexity index is 935. The van der Waals surface area contributed by atoms with Gasteiger partial charge in [0.2, 0.25) is 17.7 Å². The maximum atomic E-state index is 12.4. The van der Waals surface area contributed by atoms with Gasteiger partial charge in [-0.3, -0.25) is 14.6 Å². The third kappa shape index (κ3) is 7.83. The molecule has 168 valence electrons. The molecule has 0 saturated carbocycles. The Kier molecular flexibility index (Phi) is 7.89. The number of pyridine rings is 1. The maximum Gasteiger partial charge on any atom is 0.422 e. The standard InChI is InChI=1S/C20H24F3N5O3/c1-11(2)18(30)28-16-7-14(5-6-24-16)12(3)27-17(29)8-15-9-25-19(13(4)26-15)31-10-20(21,22)23/h5-7,9,11-12H,8,10H2,1-4H3,(H,27,29)(H,24,28,30). The first-order valence-electron chi connectivity index (χ1n) is 9.53. The Morgan fingerprint density at radius 2 is 1.90 bits per heavy atom. The molecule has 0 saturated heterocycles. The third-order valence-electron chi connectivity index (χ3n) is 4.10. The monoisotopic (exact) mass is 439 g/mol. The molecule has 0 aliphatic carbocycles. The molecule has 2 N–H and O–H groups in total. The van der Waals surface area contributed by atoms with Crippen LogP contribution < -0.4 is 15.4 Å². The van der Waals surface area contributed by atoms with Crippen molar-refractivity contribution >= 4 is 17.6 Å². The van der Waals surface area contributed by atoms with Crippen LogP contribution in [-0.2, 0) is 16.0 Å². The number of rotatable bonds is 8. The molecule has 31 heavy (non-hydrogen) atoms. The summed E-state index contributed by atoms with van der Waals surface area (Å²) in [5.41, 5.74) is 1.18. The van der Waals surface area contributed by atoms with Gasteiger partial charge in [-0.1, -0.05) is 13.8 Å². The predicted molar refractivity (Wildman–Crippen MR) is 106 cm³/mol. The molecule has 0 aliphatic rings. The van der Waals surface area contributed by atoms with Crippen molar-refractivity contribution in [3.8, 4) is 5.88 Å². The number of carbonyl (C=O) groups excluding carboxylic acids is 2. The first-order valence-corrected chi connectivity index (χ1v) is 9.53. The lowest BCUT2D eigenvalue weighted by atomic mass is 10.1. The van der Waals surface area contributed by atoms with E-state index < -0.39 is 12.8 Å². The Balaban J connectivity index is 1.96. The minimum atomic E-state index is -4.48. The number of halogens is 3. The average molecular weight is 439 g/mol. The smallest absolute Gasteiger partial charge is 0.422 e. The zero-order chi connectivity index (χ0) is 23.2. The van der Waals surface area contributed by atoms with E-state index in [2.05, 4.69) is 30.3 Å². The maximum absolute atomic E-state index is 12.4. The van der Waals surface area contributed by atoms with Gasteiger partial charge in [-0.2, -0.15) is 13.2 Å². The summed E-state index contributed by atoms with van der Waals surface area (Å²) in [5.74, 6) is -0.569. The number of nitrogens with zero attached hydrogens (tertiary/aromatic N) is 3. The van der Waals surface area contributed by atoms with Gasteiger partial charge in [0.15, 0.2) is 6.61 Å². The highest BCUT2D eigenvalue weighted by molar-refractivity contribution is 5.91. The highest BCUT2D eigenvalue weighted by Gasteiger charge is 2.29. The molecule has 1 unspecified atom stereocenters. The fourth-order valence-corrected chi connectivity index (χ4v) is 2.49. The van der Waals surface area contributed by atoms with E-state index in [1.54, 1.807) is 32.9 Å². The summed E-state index contributed by atoms with van der Waals surface area (Å²) in [4.78, 5) is 36.2. The summed E-state index contributed by atoms with van der Waals surface area (Å²) in [6, 6.07) is 3.00. The number of aryl methyl sites for hydroxylation is 1. The van der Waals surface area contributed by atoms with Crippen molar-refractivity contribution in [2.45, 2.75) is 46.3 Å². The van der Waals surface area contributed by atoms with Gasteiger partial charge in [-0.25, -0.2) is 9.97 Å². The van der Waals surface area contributed by atoms with Crippen LogP contribution in [0.3, 0.4) is 0 Å². The van der Waals surface area contributed by atoms with Crippen LogP contribution in [0.15, 0.2) is 24.5 Å². The zero-order valence-corrected chi connectivity index (χ0v) is 17.6. The van der Waals surface area contributed by atoms with E-state index in [9.17, 15) is 22.8 Å². The third-order valence-corrected chi connectivity index (χ3v) is 4.10. The normalized spacial score (nSPS) is 12.4. The van der Waals surface area contributed by atoms with E-state index in [1.165, 1.54) is 19.3 Å². The average Bonchev–Trinajstić information content (AvgIpc) is 2.66. The zero-order valence-electron chi connectivity index (χ0n) is 17.6. The molecule has 2 heterocycles. The van der Waals surface area contributed by atoms with Gasteiger partial charge in [0.05, 0.1) is 30.0 Å². The molecular weight excluding hydrogens is 415 g/mol. The van der Waals surface area contributed by atoms with Crippen LogP contribution in [0.4, 0.5) is 19.0 Å². The van der Waals surface area contributed by atoms with Crippen LogP contribution in [0.5, 0.6) is 5.88 Å². The first kappa shape index (κ1) is 24.0. The summed E-state index contributed by atoms with van der Waals surface area (Å²) in [7, 11) is 0. The molecule has 0 aliphatic heterocycles. The van der Waals surface area contributed by atoms with Gasteiger partial charge in [-0.15, -0.1) is 0 Å². The van der Waals surface area contributed by atoms with E-state index in [4.69, 9.17) is 0 Å². The van der Waals surface area contributed by atoms with Crippen LogP contribution >= 0.6 is 0 Å². The van der Waals surface area contributed by atoms with Crippen molar-refractivity contribution in [2.24, 2.45) is 5.92 Å². The lowest BCUT2D eigenvalue weighted by Gasteiger charge is -2.16. The number of hydrogen-bond donors (Lipinski definition) is 2. The summed E-state index contributed by atoms with van der Waals surface area (Å²) >= 11 is 0. The second-order valence-electron chi connectivity index (χ2n) is 7.24. The van der Waals surface area contributed by atoms with Crippen molar-refractivity contribution < 1.29 is 27.5 Å². The number of amides is 2. The SMILES string of the molecule is Cc1nc(CC(=O)NC(C)c2ccnc(NC(=O)C(C)C)c2)cnc1OCC(F)(F)F. The van der Waals surface area contributed by atoms with Gasteiger partial charge in [0, 0.05) is 12.1 Å². The lowest BCUT2D eigenvalue weighted by molar-refractivity contribution is -0.154. The van der Waals surface area contributed by atoms with Crippen LogP contribution in [-0.4, -0.2) is 39.5 Å². The van der Waals surface area contributed by atoms with Crippen molar-refractivity contribution in [3.63, 3.8) is 0 Å². The molecule has 2 amide bonds. The first-order chi connectivity index (χ1) is 14.4. The highest BCUT2D eigenvalue weighted by Crippen LogP contribution is 2.19. The van der Waals surface area contributed by atoms with E-state index in [0.717, 1.165) is 5.56 Å². The molecule has 2 aromatic heterocycles. The van der Waals surface area contributed by atoms with E-state index >= 15 is 0 Å². The molecule has 0 fully saturated rings. The number of anilines is 1. The molecule has 1 atom stereocenters. The fraction of sp³-hybridized carbons (Fsp3) is 0.450. The van der Waals surface area contributed by atoms with Gasteiger partial charge in [0.25, 0.3) is 0 Å². The van der Waals surface area contributed by atoms with E-state index in [1.807, 2.05) is 0 Å². The summed E-state index contributed by atoms with van der Waals surface area (Å²) < 4.78 is 41.4. The summed E-state index contributed by atoms with van der Waals surface area (Å²) in [6.45, 7) is 5.29. The number of aromatic nitrogens is 3. The van der Waals surface area contributed by atoms with Crippen molar-refractivity contribution in [1.29, 1.82) is 0 Å². The molecule has 11 heteroatoms. The van der Waals surface area contributed by atoms with E-state index in [-0.39, 0.29) is 41.8 Å². The molecular formula is C20H24F3N5O3. The highest BCUT2D eigenvalue weighted by atomic mass is 19.4. The van der Waals surface area contributed by atoms with Crippen LogP contribution in [0, 0.1) is 12.8 Å². The molecule has 0 spiro atoms. The van der Waals surface area contributed by atoms with Crippen molar-refractivity contribution in [1.82, 2.24) is 20.3 Å². The van der Waals surface area contributed by atoms with Crippen LogP contribution in [0.1, 0.15) is 43.8 Å². The van der Waals surface area contributed by atoms with Gasteiger partial charge in [-0.05, 0) is 31.5 Å². The Labute approximate surface area is 177 Å². The molecule has 0 aromatic carbocycles. The number of hydrogen-bond acceptors (Lipinski definition) is 6. The van der Waals surface area contributed by atoms with Gasteiger partial charge < -0.3 is 15.4 Å². The van der Waals surface area contributed by atoms with Crippen molar-refractivity contribution in [3.05, 3.63) is 41.5 Å². The predicted octanol–water partition coefficient (Wildman–Crippen LogP) is 3.14. The molecule has 2 aromatic rings. The van der Waals surface area contributed by atoms with Gasteiger partial charge >= 0.3 is 6.18 Å². The van der Waals surface area contributed by atoms with Gasteiger partial charge in [0.1, 0.15) is 5.82 Å². The lowest BCUT2D eigenvalue weighted by Crippen LogP contribution is -2.28. The number of nitrogens with one attached hydrogen (secondary N) is 2. The summed E-state index contributed by atoms with van der Waals surface area (Å²) in [5, 5.41) is 5.50. The molecule has 0 bridgehead atoms. The Morgan fingerprint density at radius 3 is 2.52 bits per heavy atom. The topological polar surface area (TPSA) is 106 Å². The Morgan fingerprint density at radius 1 is 1.19 bits per heavy atom. The minimum Gasteiger partial charge on any atom is -0.467 e. The molecule has 2 rings (SSSR count). The Hall–Kier alpha value is -3.24. The molecule has 0 radical (unpaired) electrons. The second-order valence-corrected chi connectivity index (χ2v) is 7.24. The quantitative estimate of drug-likeness (QED) is 0.655.